The van der Waals surface area contributed by atoms with Crippen LogP contribution in [0.15, 0.2) is 60.0 Å². The minimum absolute atomic E-state index is 0.00741. The number of benzene rings is 2. The number of carbonyl (C=O) groups is 1. The largest absolute Gasteiger partial charge is 0.377 e. The van der Waals surface area contributed by atoms with E-state index in [2.05, 4.69) is 27.8 Å². The van der Waals surface area contributed by atoms with E-state index in [1.165, 1.54) is 0 Å². The van der Waals surface area contributed by atoms with Gasteiger partial charge in [0.25, 0.3) is 5.91 Å². The van der Waals surface area contributed by atoms with E-state index >= 15 is 0 Å². The molecular formula is C24H24N4O2S. The van der Waals surface area contributed by atoms with Gasteiger partial charge >= 0.3 is 0 Å². The smallest absolute Gasteiger partial charge is 0.253 e. The normalized spacial score (nSPS) is 10.9. The molecule has 4 aromatic rings. The minimum Gasteiger partial charge on any atom is -0.377 e. The number of nitrogens with one attached hydrogen (secondary N) is 1. The van der Waals surface area contributed by atoms with Crippen LogP contribution < -0.4 is 5.32 Å². The highest BCUT2D eigenvalue weighted by Gasteiger charge is 2.15. The zero-order chi connectivity index (χ0) is 21.8. The molecule has 158 valence electrons. The van der Waals surface area contributed by atoms with Gasteiger partial charge in [-0.3, -0.25) is 4.79 Å². The number of fused-ring (bicyclic) bond motifs is 1. The number of thiophene rings is 1. The molecular weight excluding hydrogens is 408 g/mol. The van der Waals surface area contributed by atoms with Gasteiger partial charge in [0.1, 0.15) is 17.3 Å². The lowest BCUT2D eigenvalue weighted by atomic mass is 10.1. The minimum atomic E-state index is -0.00741. The highest BCUT2D eigenvalue weighted by atomic mass is 32.1. The Morgan fingerprint density at radius 3 is 2.48 bits per heavy atom. The first-order chi connectivity index (χ1) is 15.1. The van der Waals surface area contributed by atoms with Gasteiger partial charge in [0.15, 0.2) is 5.82 Å². The van der Waals surface area contributed by atoms with Gasteiger partial charge in [-0.25, -0.2) is 9.97 Å². The van der Waals surface area contributed by atoms with Crippen LogP contribution in [0, 0.1) is 0 Å². The van der Waals surface area contributed by atoms with E-state index in [1.54, 1.807) is 37.4 Å². The third-order valence-electron chi connectivity index (χ3n) is 4.91. The summed E-state index contributed by atoms with van der Waals surface area (Å²) in [7, 11) is 5.14. The Morgan fingerprint density at radius 2 is 1.81 bits per heavy atom. The van der Waals surface area contributed by atoms with E-state index in [0.717, 1.165) is 32.7 Å². The first kappa shape index (κ1) is 21.0. The molecule has 4 rings (SSSR count). The van der Waals surface area contributed by atoms with Crippen molar-refractivity contribution in [1.82, 2.24) is 14.9 Å². The van der Waals surface area contributed by atoms with Gasteiger partial charge in [-0.15, -0.1) is 11.3 Å². The Morgan fingerprint density at radius 1 is 1.06 bits per heavy atom. The van der Waals surface area contributed by atoms with Gasteiger partial charge in [0.2, 0.25) is 0 Å². The monoisotopic (exact) mass is 432 g/mol. The van der Waals surface area contributed by atoms with E-state index in [9.17, 15) is 4.79 Å². The predicted molar refractivity (Wildman–Crippen MR) is 125 cm³/mol. The molecule has 0 spiro atoms. The number of amides is 1. The van der Waals surface area contributed by atoms with Gasteiger partial charge in [0.05, 0.1) is 5.39 Å². The standard InChI is InChI=1S/C24H24N4O2S/c1-28(2)24(29)18-11-9-16(10-12-18)13-25-22-21-19(17-7-5-4-6-8-17)15-31-23(21)27-20(26-22)14-30-3/h4-12,15H,13-14H2,1-3H3,(H,25,26,27). The van der Waals surface area contributed by atoms with Crippen LogP contribution >= 0.6 is 11.3 Å². The summed E-state index contributed by atoms with van der Waals surface area (Å²) in [6.45, 7) is 0.934. The summed E-state index contributed by atoms with van der Waals surface area (Å²) >= 11 is 1.60. The third kappa shape index (κ3) is 4.57. The molecule has 0 aliphatic heterocycles. The van der Waals surface area contributed by atoms with Gasteiger partial charge in [0, 0.05) is 44.3 Å². The first-order valence-electron chi connectivity index (χ1n) is 9.93. The van der Waals surface area contributed by atoms with Gasteiger partial charge in [-0.05, 0) is 23.3 Å². The molecule has 1 N–H and O–H groups in total. The fourth-order valence-corrected chi connectivity index (χ4v) is 4.31. The third-order valence-corrected chi connectivity index (χ3v) is 5.78. The maximum atomic E-state index is 12.1. The topological polar surface area (TPSA) is 67.3 Å². The fourth-order valence-electron chi connectivity index (χ4n) is 3.35. The van der Waals surface area contributed by atoms with E-state index in [-0.39, 0.29) is 5.91 Å². The van der Waals surface area contributed by atoms with Crippen molar-refractivity contribution in [2.45, 2.75) is 13.2 Å². The summed E-state index contributed by atoms with van der Waals surface area (Å²) in [6.07, 6.45) is 0. The summed E-state index contributed by atoms with van der Waals surface area (Å²) in [5.41, 5.74) is 3.97. The van der Waals surface area contributed by atoms with Crippen molar-refractivity contribution in [2.75, 3.05) is 26.5 Å². The molecule has 0 radical (unpaired) electrons. The van der Waals surface area contributed by atoms with Crippen molar-refractivity contribution >= 4 is 33.3 Å². The Hall–Kier alpha value is -3.29. The van der Waals surface area contributed by atoms with Gasteiger partial charge in [-0.2, -0.15) is 0 Å². The highest BCUT2D eigenvalue weighted by molar-refractivity contribution is 7.17. The van der Waals surface area contributed by atoms with Crippen molar-refractivity contribution in [3.63, 3.8) is 0 Å². The molecule has 2 aromatic carbocycles. The number of rotatable bonds is 7. The van der Waals surface area contributed by atoms with Crippen LogP contribution in [0.25, 0.3) is 21.3 Å². The van der Waals surface area contributed by atoms with Crippen LogP contribution in [-0.4, -0.2) is 42.0 Å². The number of ether oxygens (including phenoxy) is 1. The molecule has 0 fully saturated rings. The van der Waals surface area contributed by atoms with Crippen LogP contribution in [0.1, 0.15) is 21.7 Å². The molecule has 0 bridgehead atoms. The SMILES string of the molecule is COCc1nc(NCc2ccc(C(=O)N(C)C)cc2)c2c(-c3ccccc3)csc2n1. The zero-order valence-electron chi connectivity index (χ0n) is 17.8. The first-order valence-corrected chi connectivity index (χ1v) is 10.8. The van der Waals surface area contributed by atoms with E-state index in [4.69, 9.17) is 9.72 Å². The number of hydrogen-bond donors (Lipinski definition) is 1. The lowest BCUT2D eigenvalue weighted by Gasteiger charge is -2.12. The zero-order valence-corrected chi connectivity index (χ0v) is 18.6. The van der Waals surface area contributed by atoms with Crippen molar-refractivity contribution < 1.29 is 9.53 Å². The Labute approximate surface area is 185 Å². The maximum absolute atomic E-state index is 12.1. The average molecular weight is 433 g/mol. The van der Waals surface area contributed by atoms with Crippen molar-refractivity contribution in [1.29, 1.82) is 0 Å². The summed E-state index contributed by atoms with van der Waals surface area (Å²) in [6, 6.07) is 17.9. The van der Waals surface area contributed by atoms with Crippen molar-refractivity contribution in [3.05, 3.63) is 76.9 Å². The number of carbonyl (C=O) groups excluding carboxylic acids is 1. The van der Waals surface area contributed by atoms with E-state index in [0.29, 0.717) is 24.5 Å². The maximum Gasteiger partial charge on any atom is 0.253 e. The predicted octanol–water partition coefficient (Wildman–Crippen LogP) is 4.82. The molecule has 31 heavy (non-hydrogen) atoms. The molecule has 0 saturated heterocycles. The highest BCUT2D eigenvalue weighted by Crippen LogP contribution is 2.37. The van der Waals surface area contributed by atoms with Crippen LogP contribution in [0.2, 0.25) is 0 Å². The second-order valence-corrected chi connectivity index (χ2v) is 8.23. The van der Waals surface area contributed by atoms with Gasteiger partial charge in [-0.1, -0.05) is 42.5 Å². The molecule has 0 aliphatic carbocycles. The summed E-state index contributed by atoms with van der Waals surface area (Å²) < 4.78 is 5.26. The van der Waals surface area contributed by atoms with Crippen LogP contribution in [0.3, 0.4) is 0 Å². The molecule has 0 atom stereocenters. The molecule has 0 unspecified atom stereocenters. The number of nitrogens with zero attached hydrogens (tertiary/aromatic N) is 3. The summed E-state index contributed by atoms with van der Waals surface area (Å²) in [4.78, 5) is 24.0. The van der Waals surface area contributed by atoms with Crippen LogP contribution in [0.4, 0.5) is 5.82 Å². The quantitative estimate of drug-likeness (QED) is 0.454. The Kier molecular flexibility index (Phi) is 6.25. The molecule has 6 nitrogen and oxygen atoms in total. The Balaban J connectivity index is 1.65. The molecule has 2 heterocycles. The average Bonchev–Trinajstić information content (AvgIpc) is 3.22. The summed E-state index contributed by atoms with van der Waals surface area (Å²) in [5, 5.41) is 6.61. The van der Waals surface area contributed by atoms with E-state index < -0.39 is 0 Å². The van der Waals surface area contributed by atoms with E-state index in [1.807, 2.05) is 42.5 Å². The fraction of sp³-hybridized carbons (Fsp3) is 0.208. The van der Waals surface area contributed by atoms with Gasteiger partial charge < -0.3 is 15.0 Å². The number of anilines is 1. The second-order valence-electron chi connectivity index (χ2n) is 7.37. The molecule has 1 amide bonds. The molecule has 0 saturated carbocycles. The van der Waals surface area contributed by atoms with Crippen molar-refractivity contribution in [3.8, 4) is 11.1 Å². The summed E-state index contributed by atoms with van der Waals surface area (Å²) in [5.74, 6) is 1.42. The Bertz CT molecular complexity index is 1190. The lowest BCUT2D eigenvalue weighted by Crippen LogP contribution is -2.21. The molecule has 7 heteroatoms. The molecule has 0 aliphatic rings. The second kappa shape index (κ2) is 9.24. The number of hydrogen-bond acceptors (Lipinski definition) is 6. The van der Waals surface area contributed by atoms with Crippen molar-refractivity contribution in [2.24, 2.45) is 0 Å². The number of methoxy groups -OCH3 is 1. The van der Waals surface area contributed by atoms with Crippen LogP contribution in [0.5, 0.6) is 0 Å². The molecule has 2 aromatic heterocycles. The lowest BCUT2D eigenvalue weighted by molar-refractivity contribution is 0.0827. The number of aromatic nitrogens is 2. The van der Waals surface area contributed by atoms with Crippen LogP contribution in [-0.2, 0) is 17.9 Å².